The number of anilines is 1. The fraction of sp³-hybridized carbons (Fsp3) is 0.0476. The first-order valence-electron chi connectivity index (χ1n) is 7.92. The Bertz CT molecular complexity index is 1120. The normalized spacial score (nSPS) is 11.5. The van der Waals surface area contributed by atoms with Gasteiger partial charge in [-0.05, 0) is 23.8 Å². The molecule has 5 heteroatoms. The Balaban J connectivity index is 2.15. The second kappa shape index (κ2) is 6.22. The lowest BCUT2D eigenvalue weighted by Gasteiger charge is -2.26. The van der Waals surface area contributed by atoms with E-state index in [9.17, 15) is 10.5 Å². The van der Waals surface area contributed by atoms with Crippen molar-refractivity contribution in [3.63, 3.8) is 0 Å². The maximum absolute atomic E-state index is 9.74. The second-order valence-corrected chi connectivity index (χ2v) is 6.82. The third kappa shape index (κ3) is 2.34. The van der Waals surface area contributed by atoms with Crippen LogP contribution in [0.25, 0.3) is 22.3 Å². The lowest BCUT2D eigenvalue weighted by molar-refractivity contribution is 0.303. The first kappa shape index (κ1) is 16.2. The molecular formula is C21H12BrN3O. The van der Waals surface area contributed by atoms with Crippen molar-refractivity contribution in [1.82, 2.24) is 0 Å². The fourth-order valence-electron chi connectivity index (χ4n) is 3.38. The average Bonchev–Trinajstić information content (AvgIpc) is 2.67. The van der Waals surface area contributed by atoms with Gasteiger partial charge in [0.2, 0.25) is 0 Å². The zero-order valence-electron chi connectivity index (χ0n) is 13.6. The minimum absolute atomic E-state index is 0.211. The molecular weight excluding hydrogens is 390 g/mol. The predicted molar refractivity (Wildman–Crippen MR) is 103 cm³/mol. The number of rotatable bonds is 1. The van der Waals surface area contributed by atoms with Crippen LogP contribution in [-0.2, 0) is 6.61 Å². The minimum Gasteiger partial charge on any atom is -0.488 e. The number of nitrogens with two attached hydrogens (primary N) is 1. The molecule has 26 heavy (non-hydrogen) atoms. The standard InChI is InChI=1S/C21H12BrN3O/c22-13-7-5-12(6-8-13)19-15(9-23)21(25)16(10-24)20-14-3-1-2-4-18(14)26-11-17(19)20/h1-8H,11,25H2. The van der Waals surface area contributed by atoms with Gasteiger partial charge in [-0.2, -0.15) is 10.5 Å². The molecule has 0 aliphatic carbocycles. The molecule has 0 amide bonds. The third-order valence-corrected chi connectivity index (χ3v) is 5.06. The van der Waals surface area contributed by atoms with Crippen LogP contribution < -0.4 is 10.5 Å². The van der Waals surface area contributed by atoms with Crippen LogP contribution in [-0.4, -0.2) is 0 Å². The summed E-state index contributed by atoms with van der Waals surface area (Å²) in [6.07, 6.45) is 0. The van der Waals surface area contributed by atoms with Gasteiger partial charge in [0.25, 0.3) is 0 Å². The summed E-state index contributed by atoms with van der Waals surface area (Å²) in [6, 6.07) is 19.6. The van der Waals surface area contributed by atoms with Gasteiger partial charge in [-0.3, -0.25) is 0 Å². The van der Waals surface area contributed by atoms with E-state index in [1.807, 2.05) is 48.5 Å². The largest absolute Gasteiger partial charge is 0.488 e. The Kier molecular flexibility index (Phi) is 3.88. The van der Waals surface area contributed by atoms with Crippen LogP contribution in [0.15, 0.2) is 53.0 Å². The Labute approximate surface area is 159 Å². The molecule has 3 aromatic rings. The molecule has 0 atom stereocenters. The number of hydrogen-bond acceptors (Lipinski definition) is 4. The number of para-hydroxylation sites is 1. The van der Waals surface area contributed by atoms with Gasteiger partial charge in [-0.15, -0.1) is 0 Å². The molecule has 3 aromatic carbocycles. The Morgan fingerprint density at radius 2 is 1.58 bits per heavy atom. The van der Waals surface area contributed by atoms with E-state index >= 15 is 0 Å². The van der Waals surface area contributed by atoms with E-state index in [0.717, 1.165) is 32.3 Å². The quantitative estimate of drug-likeness (QED) is 0.581. The molecule has 0 unspecified atom stereocenters. The smallest absolute Gasteiger partial charge is 0.127 e. The first-order chi connectivity index (χ1) is 12.7. The summed E-state index contributed by atoms with van der Waals surface area (Å²) >= 11 is 3.43. The molecule has 0 aromatic heterocycles. The van der Waals surface area contributed by atoms with E-state index in [1.54, 1.807) is 0 Å². The van der Waals surface area contributed by atoms with Crippen LogP contribution >= 0.6 is 15.9 Å². The molecule has 0 spiro atoms. The Morgan fingerprint density at radius 1 is 0.923 bits per heavy atom. The third-order valence-electron chi connectivity index (χ3n) is 4.53. The molecule has 4 rings (SSSR count). The summed E-state index contributed by atoms with van der Waals surface area (Å²) in [4.78, 5) is 0. The Morgan fingerprint density at radius 3 is 2.27 bits per heavy atom. The molecule has 0 saturated heterocycles. The number of ether oxygens (including phenoxy) is 1. The van der Waals surface area contributed by atoms with Crippen molar-refractivity contribution < 1.29 is 4.74 Å². The highest BCUT2D eigenvalue weighted by Gasteiger charge is 2.29. The van der Waals surface area contributed by atoms with Crippen LogP contribution in [0.1, 0.15) is 16.7 Å². The number of halogens is 1. The molecule has 0 saturated carbocycles. The molecule has 1 aliphatic rings. The van der Waals surface area contributed by atoms with Crippen molar-refractivity contribution in [3.8, 4) is 40.1 Å². The lowest BCUT2D eigenvalue weighted by atomic mass is 9.83. The van der Waals surface area contributed by atoms with Crippen LogP contribution in [0.4, 0.5) is 5.69 Å². The maximum Gasteiger partial charge on any atom is 0.127 e. The van der Waals surface area contributed by atoms with Gasteiger partial charge in [-0.1, -0.05) is 46.3 Å². The number of nitrogen functional groups attached to an aromatic ring is 1. The summed E-state index contributed by atoms with van der Waals surface area (Å²) < 4.78 is 6.85. The SMILES string of the molecule is N#Cc1c(N)c(C#N)c2c(c1-c1ccc(Br)cc1)COc1ccccc1-2. The van der Waals surface area contributed by atoms with Crippen molar-refractivity contribution >= 4 is 21.6 Å². The number of fused-ring (bicyclic) bond motifs is 3. The summed E-state index contributed by atoms with van der Waals surface area (Å²) in [6.45, 7) is 0.279. The molecule has 1 aliphatic heterocycles. The van der Waals surface area contributed by atoms with Crippen LogP contribution in [0, 0.1) is 22.7 Å². The highest BCUT2D eigenvalue weighted by Crippen LogP contribution is 2.47. The predicted octanol–water partition coefficient (Wildman–Crippen LogP) is 5.00. The van der Waals surface area contributed by atoms with Gasteiger partial charge in [0.1, 0.15) is 24.5 Å². The minimum atomic E-state index is 0.211. The van der Waals surface area contributed by atoms with E-state index in [0.29, 0.717) is 16.9 Å². The molecule has 124 valence electrons. The van der Waals surface area contributed by atoms with Crippen LogP contribution in [0.5, 0.6) is 5.75 Å². The fourth-order valence-corrected chi connectivity index (χ4v) is 3.64. The van der Waals surface area contributed by atoms with Crippen LogP contribution in [0.3, 0.4) is 0 Å². The average molecular weight is 402 g/mol. The highest BCUT2D eigenvalue weighted by atomic mass is 79.9. The highest BCUT2D eigenvalue weighted by molar-refractivity contribution is 9.10. The van der Waals surface area contributed by atoms with Gasteiger partial charge >= 0.3 is 0 Å². The number of benzene rings is 3. The van der Waals surface area contributed by atoms with E-state index in [4.69, 9.17) is 10.5 Å². The summed E-state index contributed by atoms with van der Waals surface area (Å²) in [7, 11) is 0. The van der Waals surface area contributed by atoms with E-state index < -0.39 is 0 Å². The van der Waals surface area contributed by atoms with Crippen molar-refractivity contribution in [2.24, 2.45) is 0 Å². The maximum atomic E-state index is 9.74. The van der Waals surface area contributed by atoms with Gasteiger partial charge in [-0.25, -0.2) is 0 Å². The number of hydrogen-bond donors (Lipinski definition) is 1. The van der Waals surface area contributed by atoms with E-state index in [2.05, 4.69) is 28.1 Å². The van der Waals surface area contributed by atoms with Crippen molar-refractivity contribution in [3.05, 3.63) is 69.7 Å². The lowest BCUT2D eigenvalue weighted by Crippen LogP contribution is -2.12. The molecule has 2 N–H and O–H groups in total. The van der Waals surface area contributed by atoms with E-state index in [1.165, 1.54) is 0 Å². The molecule has 1 heterocycles. The summed E-state index contributed by atoms with van der Waals surface area (Å²) in [5.41, 5.74) is 11.1. The first-order valence-corrected chi connectivity index (χ1v) is 8.71. The molecule has 0 radical (unpaired) electrons. The van der Waals surface area contributed by atoms with Gasteiger partial charge in [0.15, 0.2) is 0 Å². The summed E-state index contributed by atoms with van der Waals surface area (Å²) in [5, 5.41) is 19.5. The number of nitrogens with zero attached hydrogens (tertiary/aromatic N) is 2. The topological polar surface area (TPSA) is 82.8 Å². The zero-order chi connectivity index (χ0) is 18.3. The Hall–Kier alpha value is -3.28. The van der Waals surface area contributed by atoms with Gasteiger partial charge in [0.05, 0.1) is 16.8 Å². The molecule has 0 bridgehead atoms. The zero-order valence-corrected chi connectivity index (χ0v) is 15.2. The van der Waals surface area contributed by atoms with Crippen molar-refractivity contribution in [2.75, 3.05) is 5.73 Å². The van der Waals surface area contributed by atoms with Crippen LogP contribution in [0.2, 0.25) is 0 Å². The monoisotopic (exact) mass is 401 g/mol. The summed E-state index contributed by atoms with van der Waals surface area (Å²) in [5.74, 6) is 0.711. The van der Waals surface area contributed by atoms with Crippen molar-refractivity contribution in [2.45, 2.75) is 6.61 Å². The van der Waals surface area contributed by atoms with Gasteiger partial charge < -0.3 is 10.5 Å². The second-order valence-electron chi connectivity index (χ2n) is 5.91. The molecule has 4 nitrogen and oxygen atoms in total. The van der Waals surface area contributed by atoms with Gasteiger partial charge in [0, 0.05) is 26.7 Å². The van der Waals surface area contributed by atoms with E-state index in [-0.39, 0.29) is 12.3 Å². The number of nitriles is 2. The van der Waals surface area contributed by atoms with Crippen molar-refractivity contribution in [1.29, 1.82) is 10.5 Å². The molecule has 0 fully saturated rings.